The minimum Gasteiger partial charge on any atom is -0.497 e. The van der Waals surface area contributed by atoms with Crippen molar-refractivity contribution >= 4 is 15.9 Å². The van der Waals surface area contributed by atoms with Crippen molar-refractivity contribution in [1.29, 1.82) is 0 Å². The molecule has 1 amide bonds. The molecule has 0 aliphatic carbocycles. The highest BCUT2D eigenvalue weighted by atomic mass is 32.2. The lowest BCUT2D eigenvalue weighted by Crippen LogP contribution is -2.52. The smallest absolute Gasteiger partial charge is 0.243 e. The van der Waals surface area contributed by atoms with E-state index in [4.69, 9.17) is 4.74 Å². The van der Waals surface area contributed by atoms with Gasteiger partial charge in [-0.05, 0) is 37.2 Å². The molecule has 0 aromatic heterocycles. The van der Waals surface area contributed by atoms with Gasteiger partial charge in [-0.2, -0.15) is 4.31 Å². The number of piperazine rings is 1. The molecule has 2 aliphatic rings. The van der Waals surface area contributed by atoms with Gasteiger partial charge in [-0.3, -0.25) is 4.79 Å². The van der Waals surface area contributed by atoms with E-state index in [-0.39, 0.29) is 16.7 Å². The van der Waals surface area contributed by atoms with E-state index in [1.807, 2.05) is 0 Å². The summed E-state index contributed by atoms with van der Waals surface area (Å²) in [5.41, 5.74) is 0. The van der Waals surface area contributed by atoms with Crippen LogP contribution in [0.5, 0.6) is 5.75 Å². The molecule has 24 heavy (non-hydrogen) atoms. The summed E-state index contributed by atoms with van der Waals surface area (Å²) in [6.07, 6.45) is 0.864. The molecule has 1 aromatic carbocycles. The molecule has 3 rings (SSSR count). The number of carbonyl (C=O) groups excluding carboxylic acids is 1. The zero-order valence-electron chi connectivity index (χ0n) is 13.8. The van der Waals surface area contributed by atoms with Crippen LogP contribution < -0.4 is 10.1 Å². The van der Waals surface area contributed by atoms with Crippen LogP contribution in [-0.4, -0.2) is 69.9 Å². The lowest BCUT2D eigenvalue weighted by atomic mass is 10.1. The molecule has 8 heteroatoms. The number of amides is 1. The number of methoxy groups -OCH3 is 1. The van der Waals surface area contributed by atoms with Crippen LogP contribution in [0.1, 0.15) is 6.42 Å². The fourth-order valence-corrected chi connectivity index (χ4v) is 4.59. The van der Waals surface area contributed by atoms with Gasteiger partial charge in [0.1, 0.15) is 5.75 Å². The van der Waals surface area contributed by atoms with E-state index in [1.165, 1.54) is 4.31 Å². The van der Waals surface area contributed by atoms with Crippen molar-refractivity contribution in [3.63, 3.8) is 0 Å². The summed E-state index contributed by atoms with van der Waals surface area (Å²) in [6, 6.07) is 6.38. The van der Waals surface area contributed by atoms with Crippen LogP contribution in [0.2, 0.25) is 0 Å². The maximum absolute atomic E-state index is 12.7. The van der Waals surface area contributed by atoms with Crippen LogP contribution >= 0.6 is 0 Å². The number of nitrogens with zero attached hydrogens (tertiary/aromatic N) is 2. The Morgan fingerprint density at radius 3 is 2.38 bits per heavy atom. The molecule has 132 valence electrons. The normalized spacial score (nSPS) is 22.5. The maximum Gasteiger partial charge on any atom is 0.243 e. The van der Waals surface area contributed by atoms with Gasteiger partial charge in [-0.1, -0.05) is 0 Å². The Balaban J connectivity index is 1.63. The Hall–Kier alpha value is -1.64. The topological polar surface area (TPSA) is 79.0 Å². The predicted octanol–water partition coefficient (Wildman–Crippen LogP) is 0.138. The van der Waals surface area contributed by atoms with Crippen LogP contribution in [0.3, 0.4) is 0 Å². The Morgan fingerprint density at radius 1 is 1.17 bits per heavy atom. The van der Waals surface area contributed by atoms with Crippen LogP contribution in [0.15, 0.2) is 29.2 Å². The summed E-state index contributed by atoms with van der Waals surface area (Å²) in [6.45, 7) is 3.17. The molecular formula is C16H23N3O4S. The molecular weight excluding hydrogens is 330 g/mol. The Labute approximate surface area is 142 Å². The van der Waals surface area contributed by atoms with Gasteiger partial charge in [-0.15, -0.1) is 0 Å². The molecule has 1 aromatic rings. The minimum absolute atomic E-state index is 0.0368. The molecule has 2 aliphatic heterocycles. The quantitative estimate of drug-likeness (QED) is 0.833. The van der Waals surface area contributed by atoms with E-state index in [0.29, 0.717) is 31.9 Å². The van der Waals surface area contributed by atoms with Gasteiger partial charge in [0, 0.05) is 32.7 Å². The highest BCUT2D eigenvalue weighted by molar-refractivity contribution is 7.89. The highest BCUT2D eigenvalue weighted by Gasteiger charge is 2.33. The molecule has 2 fully saturated rings. The van der Waals surface area contributed by atoms with Crippen LogP contribution in [0, 0.1) is 5.92 Å². The first-order valence-electron chi connectivity index (χ1n) is 8.16. The summed E-state index contributed by atoms with van der Waals surface area (Å²) in [5.74, 6) is 0.797. The molecule has 7 nitrogen and oxygen atoms in total. The molecule has 0 radical (unpaired) electrons. The van der Waals surface area contributed by atoms with Gasteiger partial charge >= 0.3 is 0 Å². The predicted molar refractivity (Wildman–Crippen MR) is 89.3 cm³/mol. The maximum atomic E-state index is 12.7. The monoisotopic (exact) mass is 353 g/mol. The Kier molecular flexibility index (Phi) is 5.07. The molecule has 1 unspecified atom stereocenters. The third-order valence-electron chi connectivity index (χ3n) is 4.66. The molecule has 0 spiro atoms. The van der Waals surface area contributed by atoms with Gasteiger partial charge in [0.2, 0.25) is 15.9 Å². The second-order valence-electron chi connectivity index (χ2n) is 6.09. The fourth-order valence-electron chi connectivity index (χ4n) is 3.17. The van der Waals surface area contributed by atoms with E-state index in [9.17, 15) is 13.2 Å². The lowest BCUT2D eigenvalue weighted by molar-refractivity contribution is -0.136. The first-order chi connectivity index (χ1) is 11.5. The average Bonchev–Trinajstić information content (AvgIpc) is 3.16. The number of carbonyl (C=O) groups is 1. The third kappa shape index (κ3) is 3.40. The minimum atomic E-state index is -3.53. The van der Waals surface area contributed by atoms with Crippen molar-refractivity contribution in [1.82, 2.24) is 14.5 Å². The second-order valence-corrected chi connectivity index (χ2v) is 8.03. The SMILES string of the molecule is COc1ccc(S(=O)(=O)N2CCN(C(=O)C3CCNC3)CC2)cc1. The molecule has 0 bridgehead atoms. The molecule has 1 N–H and O–H groups in total. The van der Waals surface area contributed by atoms with Gasteiger partial charge in [-0.25, -0.2) is 8.42 Å². The van der Waals surface area contributed by atoms with Crippen LogP contribution in [-0.2, 0) is 14.8 Å². The largest absolute Gasteiger partial charge is 0.497 e. The van der Waals surface area contributed by atoms with E-state index < -0.39 is 10.0 Å². The standard InChI is InChI=1S/C16H23N3O4S/c1-23-14-2-4-15(5-3-14)24(21,22)19-10-8-18(9-11-19)16(20)13-6-7-17-12-13/h2-5,13,17H,6-12H2,1H3. The zero-order valence-corrected chi connectivity index (χ0v) is 14.6. The number of rotatable bonds is 4. The van der Waals surface area contributed by atoms with E-state index in [2.05, 4.69) is 5.32 Å². The van der Waals surface area contributed by atoms with Crippen molar-refractivity contribution in [3.05, 3.63) is 24.3 Å². The summed E-state index contributed by atoms with van der Waals surface area (Å²) < 4.78 is 31.9. The second kappa shape index (κ2) is 7.08. The molecule has 2 saturated heterocycles. The zero-order chi connectivity index (χ0) is 17.2. The number of sulfonamides is 1. The fraction of sp³-hybridized carbons (Fsp3) is 0.562. The van der Waals surface area contributed by atoms with Crippen LogP contribution in [0.25, 0.3) is 0 Å². The van der Waals surface area contributed by atoms with E-state index in [1.54, 1.807) is 36.3 Å². The summed E-state index contributed by atoms with van der Waals surface area (Å²) in [4.78, 5) is 14.4. The Morgan fingerprint density at radius 2 is 1.83 bits per heavy atom. The first-order valence-corrected chi connectivity index (χ1v) is 9.60. The number of nitrogens with one attached hydrogen (secondary N) is 1. The van der Waals surface area contributed by atoms with Crippen LogP contribution in [0.4, 0.5) is 0 Å². The van der Waals surface area contributed by atoms with Crippen molar-refractivity contribution in [3.8, 4) is 5.75 Å². The van der Waals surface area contributed by atoms with E-state index >= 15 is 0 Å². The number of hydrogen-bond donors (Lipinski definition) is 1. The van der Waals surface area contributed by atoms with Gasteiger partial charge < -0.3 is 15.0 Å². The Bertz CT molecular complexity index is 676. The number of benzene rings is 1. The highest BCUT2D eigenvalue weighted by Crippen LogP contribution is 2.21. The van der Waals surface area contributed by atoms with Gasteiger partial charge in [0.25, 0.3) is 0 Å². The summed E-state index contributed by atoms with van der Waals surface area (Å²) in [7, 11) is -1.99. The molecule has 2 heterocycles. The molecule has 0 saturated carbocycles. The summed E-state index contributed by atoms with van der Waals surface area (Å²) in [5, 5.41) is 3.19. The first kappa shape index (κ1) is 17.2. The van der Waals surface area contributed by atoms with Crippen molar-refractivity contribution < 1.29 is 17.9 Å². The molecule has 1 atom stereocenters. The summed E-state index contributed by atoms with van der Waals surface area (Å²) >= 11 is 0. The number of hydrogen-bond acceptors (Lipinski definition) is 5. The number of ether oxygens (including phenoxy) is 1. The third-order valence-corrected chi connectivity index (χ3v) is 6.57. The van der Waals surface area contributed by atoms with Gasteiger partial charge in [0.05, 0.1) is 17.9 Å². The lowest BCUT2D eigenvalue weighted by Gasteiger charge is -2.35. The van der Waals surface area contributed by atoms with Crippen molar-refractivity contribution in [2.24, 2.45) is 5.92 Å². The van der Waals surface area contributed by atoms with Crippen molar-refractivity contribution in [2.75, 3.05) is 46.4 Å². The average molecular weight is 353 g/mol. The van der Waals surface area contributed by atoms with Crippen molar-refractivity contribution in [2.45, 2.75) is 11.3 Å². The van der Waals surface area contributed by atoms with Gasteiger partial charge in [0.15, 0.2) is 0 Å². The van der Waals surface area contributed by atoms with E-state index in [0.717, 1.165) is 19.5 Å².